The zero-order chi connectivity index (χ0) is 8.81. The third-order valence-corrected chi connectivity index (χ3v) is 2.23. The summed E-state index contributed by atoms with van der Waals surface area (Å²) in [5, 5.41) is 11.9. The highest BCUT2D eigenvalue weighted by molar-refractivity contribution is 5.12. The Balaban J connectivity index is 2.27. The second kappa shape index (κ2) is 5.12. The molecule has 12 heavy (non-hydrogen) atoms. The van der Waals surface area contributed by atoms with Crippen molar-refractivity contribution in [2.45, 2.75) is 19.4 Å². The Morgan fingerprint density at radius 3 is 3.00 bits per heavy atom. The first-order valence-electron chi connectivity index (χ1n) is 4.52. The van der Waals surface area contributed by atoms with Crippen LogP contribution in [0, 0.1) is 5.92 Å². The average Bonchev–Trinajstić information content (AvgIpc) is 2.15. The molecule has 2 unspecified atom stereocenters. The van der Waals surface area contributed by atoms with Crippen LogP contribution in [0.5, 0.6) is 0 Å². The van der Waals surface area contributed by atoms with E-state index in [2.05, 4.69) is 36.5 Å². The van der Waals surface area contributed by atoms with Gasteiger partial charge in [0.1, 0.15) is 0 Å². The topological polar surface area (TPSA) is 32.3 Å². The highest BCUT2D eigenvalue weighted by Crippen LogP contribution is 2.15. The maximum Gasteiger partial charge on any atom is 0.0556 e. The summed E-state index contributed by atoms with van der Waals surface area (Å²) in [6, 6.07) is 0.457. The summed E-state index contributed by atoms with van der Waals surface area (Å²) in [6.07, 6.45) is 9.67. The van der Waals surface area contributed by atoms with E-state index in [0.717, 1.165) is 6.42 Å². The number of allylic oxidation sites excluding steroid dienone is 3. The Hall–Kier alpha value is -0.600. The van der Waals surface area contributed by atoms with Gasteiger partial charge in [0.2, 0.25) is 0 Å². The largest absolute Gasteiger partial charge is 0.395 e. The van der Waals surface area contributed by atoms with E-state index in [1.165, 1.54) is 0 Å². The second-order valence-corrected chi connectivity index (χ2v) is 3.18. The molecule has 0 spiro atoms. The summed E-state index contributed by atoms with van der Waals surface area (Å²) >= 11 is 0. The van der Waals surface area contributed by atoms with Gasteiger partial charge in [-0.15, -0.1) is 0 Å². The molecule has 0 heterocycles. The fourth-order valence-corrected chi connectivity index (χ4v) is 1.41. The number of aliphatic hydroxyl groups is 1. The number of hydrogen-bond donors (Lipinski definition) is 2. The maximum absolute atomic E-state index is 8.62. The molecule has 0 amide bonds. The molecule has 0 radical (unpaired) electrons. The highest BCUT2D eigenvalue weighted by Gasteiger charge is 2.12. The van der Waals surface area contributed by atoms with Crippen LogP contribution in [0.3, 0.4) is 0 Å². The van der Waals surface area contributed by atoms with Crippen molar-refractivity contribution in [1.82, 2.24) is 5.32 Å². The minimum Gasteiger partial charge on any atom is -0.395 e. The molecular formula is C10H17NO. The molecule has 0 fully saturated rings. The number of rotatable bonds is 4. The second-order valence-electron chi connectivity index (χ2n) is 3.18. The Labute approximate surface area is 74.0 Å². The van der Waals surface area contributed by atoms with E-state index in [-0.39, 0.29) is 6.61 Å². The molecule has 0 saturated heterocycles. The molecule has 0 aromatic heterocycles. The zero-order valence-corrected chi connectivity index (χ0v) is 7.53. The summed E-state index contributed by atoms with van der Waals surface area (Å²) in [4.78, 5) is 0. The predicted octanol–water partition coefficient (Wildman–Crippen LogP) is 1.09. The van der Waals surface area contributed by atoms with Crippen molar-refractivity contribution in [3.63, 3.8) is 0 Å². The van der Waals surface area contributed by atoms with Crippen LogP contribution in [0.15, 0.2) is 24.3 Å². The van der Waals surface area contributed by atoms with Crippen LogP contribution < -0.4 is 5.32 Å². The van der Waals surface area contributed by atoms with Crippen LogP contribution in [0.1, 0.15) is 13.3 Å². The highest BCUT2D eigenvalue weighted by atomic mass is 16.3. The molecule has 1 aliphatic carbocycles. The standard InChI is InChI=1S/C10H17NO/c1-9(11-7-8-12)10-5-3-2-4-6-10/h2-5,9-12H,6-8H2,1H3. The third-order valence-electron chi connectivity index (χ3n) is 2.23. The Morgan fingerprint density at radius 2 is 2.42 bits per heavy atom. The molecule has 0 aromatic carbocycles. The normalized spacial score (nSPS) is 24.3. The minimum absolute atomic E-state index is 0.219. The van der Waals surface area contributed by atoms with E-state index in [1.807, 2.05) is 0 Å². The molecule has 0 saturated carbocycles. The lowest BCUT2D eigenvalue weighted by Gasteiger charge is -2.21. The van der Waals surface area contributed by atoms with E-state index >= 15 is 0 Å². The van der Waals surface area contributed by atoms with Crippen molar-refractivity contribution in [2.75, 3.05) is 13.2 Å². The zero-order valence-electron chi connectivity index (χ0n) is 7.53. The fourth-order valence-electron chi connectivity index (χ4n) is 1.41. The van der Waals surface area contributed by atoms with Crippen LogP contribution in [-0.4, -0.2) is 24.3 Å². The molecule has 1 rings (SSSR count). The maximum atomic E-state index is 8.62. The first kappa shape index (κ1) is 9.49. The van der Waals surface area contributed by atoms with Gasteiger partial charge in [-0.1, -0.05) is 24.3 Å². The van der Waals surface area contributed by atoms with Gasteiger partial charge in [0.25, 0.3) is 0 Å². The van der Waals surface area contributed by atoms with E-state index in [4.69, 9.17) is 5.11 Å². The van der Waals surface area contributed by atoms with Gasteiger partial charge in [0.05, 0.1) is 6.61 Å². The van der Waals surface area contributed by atoms with Crippen molar-refractivity contribution < 1.29 is 5.11 Å². The summed E-state index contributed by atoms with van der Waals surface area (Å²) in [5.74, 6) is 0.585. The first-order valence-corrected chi connectivity index (χ1v) is 4.52. The summed E-state index contributed by atoms with van der Waals surface area (Å²) in [5.41, 5.74) is 0. The molecule has 68 valence electrons. The van der Waals surface area contributed by atoms with Gasteiger partial charge in [-0.3, -0.25) is 0 Å². The average molecular weight is 167 g/mol. The van der Waals surface area contributed by atoms with E-state index in [1.54, 1.807) is 0 Å². The Morgan fingerprint density at radius 1 is 1.58 bits per heavy atom. The van der Waals surface area contributed by atoms with Gasteiger partial charge in [0.15, 0.2) is 0 Å². The monoisotopic (exact) mass is 167 g/mol. The molecule has 1 aliphatic rings. The van der Waals surface area contributed by atoms with Gasteiger partial charge in [-0.25, -0.2) is 0 Å². The summed E-state index contributed by atoms with van der Waals surface area (Å²) < 4.78 is 0. The predicted molar refractivity (Wildman–Crippen MR) is 50.9 cm³/mol. The Bertz CT molecular complexity index is 175. The first-order chi connectivity index (χ1) is 5.84. The smallest absolute Gasteiger partial charge is 0.0556 e. The quantitative estimate of drug-likeness (QED) is 0.657. The lowest BCUT2D eigenvalue weighted by molar-refractivity contribution is 0.278. The number of nitrogens with one attached hydrogen (secondary N) is 1. The molecule has 2 nitrogen and oxygen atoms in total. The van der Waals surface area contributed by atoms with Crippen molar-refractivity contribution in [1.29, 1.82) is 0 Å². The lowest BCUT2D eigenvalue weighted by atomic mass is 9.94. The van der Waals surface area contributed by atoms with E-state index in [9.17, 15) is 0 Å². The number of hydrogen-bond acceptors (Lipinski definition) is 2. The van der Waals surface area contributed by atoms with Crippen LogP contribution in [0.4, 0.5) is 0 Å². The van der Waals surface area contributed by atoms with Crippen molar-refractivity contribution in [2.24, 2.45) is 5.92 Å². The Kier molecular flexibility index (Phi) is 4.05. The van der Waals surface area contributed by atoms with Crippen molar-refractivity contribution in [3.05, 3.63) is 24.3 Å². The van der Waals surface area contributed by atoms with Crippen molar-refractivity contribution >= 4 is 0 Å². The third kappa shape index (κ3) is 2.80. The number of aliphatic hydroxyl groups excluding tert-OH is 1. The molecule has 0 aromatic rings. The minimum atomic E-state index is 0.219. The van der Waals surface area contributed by atoms with Crippen molar-refractivity contribution in [3.8, 4) is 0 Å². The van der Waals surface area contributed by atoms with Crippen LogP contribution in [0.25, 0.3) is 0 Å². The van der Waals surface area contributed by atoms with E-state index in [0.29, 0.717) is 18.5 Å². The van der Waals surface area contributed by atoms with Gasteiger partial charge in [-0.2, -0.15) is 0 Å². The summed E-state index contributed by atoms with van der Waals surface area (Å²) in [6.45, 7) is 3.07. The molecule has 2 heteroatoms. The molecular weight excluding hydrogens is 150 g/mol. The van der Waals surface area contributed by atoms with Crippen LogP contribution in [0.2, 0.25) is 0 Å². The molecule has 0 bridgehead atoms. The molecule has 2 N–H and O–H groups in total. The lowest BCUT2D eigenvalue weighted by Crippen LogP contribution is -2.34. The molecule has 2 atom stereocenters. The van der Waals surface area contributed by atoms with Gasteiger partial charge in [0, 0.05) is 12.6 Å². The van der Waals surface area contributed by atoms with Gasteiger partial charge < -0.3 is 10.4 Å². The van der Waals surface area contributed by atoms with Gasteiger partial charge >= 0.3 is 0 Å². The molecule has 0 aliphatic heterocycles. The van der Waals surface area contributed by atoms with Gasteiger partial charge in [-0.05, 0) is 19.3 Å². The van der Waals surface area contributed by atoms with Crippen LogP contribution >= 0.6 is 0 Å². The summed E-state index contributed by atoms with van der Waals surface area (Å²) in [7, 11) is 0. The SMILES string of the molecule is CC(NCCO)C1C=CC=CC1. The fraction of sp³-hybridized carbons (Fsp3) is 0.600. The van der Waals surface area contributed by atoms with E-state index < -0.39 is 0 Å². The van der Waals surface area contributed by atoms with Crippen LogP contribution in [-0.2, 0) is 0 Å².